The Bertz CT molecular complexity index is 430. The molecule has 2 heterocycles. The first kappa shape index (κ1) is 13.9. The van der Waals surface area contributed by atoms with Crippen molar-refractivity contribution in [2.45, 2.75) is 76.5 Å². The predicted octanol–water partition coefficient (Wildman–Crippen LogP) is 3.72. The average molecular weight is 278 g/mol. The van der Waals surface area contributed by atoms with Crippen LogP contribution in [0.1, 0.15) is 64.8 Å². The first-order valence-corrected chi connectivity index (χ1v) is 8.02. The molecule has 0 bridgehead atoms. The summed E-state index contributed by atoms with van der Waals surface area (Å²) in [5.41, 5.74) is 0.106. The van der Waals surface area contributed by atoms with Gasteiger partial charge in [0.15, 0.2) is 5.75 Å². The van der Waals surface area contributed by atoms with E-state index in [0.717, 1.165) is 25.2 Å². The minimum Gasteiger partial charge on any atom is -0.487 e. The van der Waals surface area contributed by atoms with Gasteiger partial charge in [0, 0.05) is 18.9 Å². The first-order chi connectivity index (χ1) is 9.67. The highest BCUT2D eigenvalue weighted by Crippen LogP contribution is 2.39. The molecule has 4 nitrogen and oxygen atoms in total. The standard InChI is InChI=1S/C16H26N2O2/c1-13(2)18-12-15(11-17-18)20-14-6-9-19-16(10-14)7-4-3-5-8-16/h11-14H,3-10H2,1-2H3. The summed E-state index contributed by atoms with van der Waals surface area (Å²) < 4.78 is 14.2. The highest BCUT2D eigenvalue weighted by molar-refractivity contribution is 5.13. The van der Waals surface area contributed by atoms with Crippen LogP contribution in [0, 0.1) is 0 Å². The van der Waals surface area contributed by atoms with Gasteiger partial charge < -0.3 is 9.47 Å². The van der Waals surface area contributed by atoms with Crippen molar-refractivity contribution in [2.75, 3.05) is 6.61 Å². The molecule has 2 fully saturated rings. The zero-order chi connectivity index (χ0) is 14.0. The second-order valence-corrected chi connectivity index (χ2v) is 6.57. The van der Waals surface area contributed by atoms with Crippen LogP contribution in [0.4, 0.5) is 0 Å². The van der Waals surface area contributed by atoms with Gasteiger partial charge in [-0.3, -0.25) is 4.68 Å². The van der Waals surface area contributed by atoms with Crippen molar-refractivity contribution < 1.29 is 9.47 Å². The van der Waals surface area contributed by atoms with Crippen molar-refractivity contribution >= 4 is 0 Å². The van der Waals surface area contributed by atoms with Gasteiger partial charge in [-0.25, -0.2) is 0 Å². The third-order valence-electron chi connectivity index (χ3n) is 4.62. The molecular weight excluding hydrogens is 252 g/mol. The molecule has 1 unspecified atom stereocenters. The molecule has 0 N–H and O–H groups in total. The van der Waals surface area contributed by atoms with Crippen LogP contribution in [0.2, 0.25) is 0 Å². The van der Waals surface area contributed by atoms with E-state index >= 15 is 0 Å². The summed E-state index contributed by atoms with van der Waals surface area (Å²) in [6.45, 7) is 5.09. The molecule has 1 atom stereocenters. The molecule has 1 saturated carbocycles. The van der Waals surface area contributed by atoms with Crippen molar-refractivity contribution in [3.8, 4) is 5.75 Å². The Morgan fingerprint density at radius 3 is 2.85 bits per heavy atom. The topological polar surface area (TPSA) is 36.3 Å². The number of nitrogens with zero attached hydrogens (tertiary/aromatic N) is 2. The number of aromatic nitrogens is 2. The number of ether oxygens (including phenoxy) is 2. The Morgan fingerprint density at radius 1 is 1.35 bits per heavy atom. The van der Waals surface area contributed by atoms with Crippen molar-refractivity contribution in [3.63, 3.8) is 0 Å². The van der Waals surface area contributed by atoms with E-state index < -0.39 is 0 Å². The van der Waals surface area contributed by atoms with E-state index in [1.165, 1.54) is 32.1 Å². The fraction of sp³-hybridized carbons (Fsp3) is 0.812. The lowest BCUT2D eigenvalue weighted by Gasteiger charge is -2.43. The number of rotatable bonds is 3. The van der Waals surface area contributed by atoms with Crippen LogP contribution in [0.25, 0.3) is 0 Å². The second kappa shape index (κ2) is 5.76. The molecule has 0 radical (unpaired) electrons. The van der Waals surface area contributed by atoms with E-state index in [0.29, 0.717) is 6.04 Å². The van der Waals surface area contributed by atoms with E-state index in [-0.39, 0.29) is 11.7 Å². The van der Waals surface area contributed by atoms with Crippen LogP contribution in [-0.2, 0) is 4.74 Å². The van der Waals surface area contributed by atoms with E-state index in [1.807, 2.05) is 17.1 Å². The molecule has 0 amide bonds. The zero-order valence-corrected chi connectivity index (χ0v) is 12.7. The zero-order valence-electron chi connectivity index (χ0n) is 12.7. The second-order valence-electron chi connectivity index (χ2n) is 6.57. The van der Waals surface area contributed by atoms with Crippen LogP contribution in [0.5, 0.6) is 5.75 Å². The molecule has 1 aliphatic carbocycles. The maximum atomic E-state index is 6.15. The molecule has 3 rings (SSSR count). The summed E-state index contributed by atoms with van der Waals surface area (Å²) in [7, 11) is 0. The maximum Gasteiger partial charge on any atom is 0.157 e. The molecule has 1 saturated heterocycles. The summed E-state index contributed by atoms with van der Waals surface area (Å²) in [6.07, 6.45) is 12.5. The number of hydrogen-bond donors (Lipinski definition) is 0. The number of hydrogen-bond acceptors (Lipinski definition) is 3. The Morgan fingerprint density at radius 2 is 2.15 bits per heavy atom. The van der Waals surface area contributed by atoms with Crippen LogP contribution in [0.3, 0.4) is 0 Å². The van der Waals surface area contributed by atoms with Crippen LogP contribution in [-0.4, -0.2) is 28.1 Å². The lowest BCUT2D eigenvalue weighted by Crippen LogP contribution is -2.45. The molecule has 0 aromatic carbocycles. The summed E-state index contributed by atoms with van der Waals surface area (Å²) in [5, 5.41) is 4.35. The molecule has 112 valence electrons. The molecule has 1 aromatic heterocycles. The predicted molar refractivity (Wildman–Crippen MR) is 78.0 cm³/mol. The Balaban J connectivity index is 1.61. The summed E-state index contributed by atoms with van der Waals surface area (Å²) in [5.74, 6) is 0.900. The van der Waals surface area contributed by atoms with Gasteiger partial charge in [-0.1, -0.05) is 19.3 Å². The maximum absolute atomic E-state index is 6.15. The van der Waals surface area contributed by atoms with E-state index in [1.54, 1.807) is 0 Å². The highest BCUT2D eigenvalue weighted by Gasteiger charge is 2.39. The van der Waals surface area contributed by atoms with Gasteiger partial charge in [-0.2, -0.15) is 5.10 Å². The fourth-order valence-corrected chi connectivity index (χ4v) is 3.48. The molecular formula is C16H26N2O2. The Hall–Kier alpha value is -1.03. The summed E-state index contributed by atoms with van der Waals surface area (Å²) in [4.78, 5) is 0. The lowest BCUT2D eigenvalue weighted by molar-refractivity contribution is -0.129. The minimum atomic E-state index is 0.106. The third-order valence-corrected chi connectivity index (χ3v) is 4.62. The van der Waals surface area contributed by atoms with Crippen molar-refractivity contribution in [1.29, 1.82) is 0 Å². The molecule has 4 heteroatoms. The first-order valence-electron chi connectivity index (χ1n) is 8.02. The third kappa shape index (κ3) is 3.00. The monoisotopic (exact) mass is 278 g/mol. The molecule has 1 aliphatic heterocycles. The molecule has 2 aliphatic rings. The quantitative estimate of drug-likeness (QED) is 0.845. The van der Waals surface area contributed by atoms with E-state index in [4.69, 9.17) is 9.47 Å². The smallest absolute Gasteiger partial charge is 0.157 e. The largest absolute Gasteiger partial charge is 0.487 e. The van der Waals surface area contributed by atoms with Gasteiger partial charge in [0.1, 0.15) is 6.10 Å². The summed E-state index contributed by atoms with van der Waals surface area (Å²) >= 11 is 0. The van der Waals surface area contributed by atoms with Crippen LogP contribution >= 0.6 is 0 Å². The van der Waals surface area contributed by atoms with Gasteiger partial charge in [-0.05, 0) is 26.7 Å². The lowest BCUT2D eigenvalue weighted by atomic mass is 9.79. The van der Waals surface area contributed by atoms with Gasteiger partial charge in [-0.15, -0.1) is 0 Å². The molecule has 20 heavy (non-hydrogen) atoms. The minimum absolute atomic E-state index is 0.106. The molecule has 1 spiro atoms. The van der Waals surface area contributed by atoms with Crippen molar-refractivity contribution in [2.24, 2.45) is 0 Å². The van der Waals surface area contributed by atoms with Crippen LogP contribution in [0.15, 0.2) is 12.4 Å². The van der Waals surface area contributed by atoms with Gasteiger partial charge in [0.05, 0.1) is 24.6 Å². The average Bonchev–Trinajstić information content (AvgIpc) is 2.88. The van der Waals surface area contributed by atoms with Gasteiger partial charge >= 0.3 is 0 Å². The van der Waals surface area contributed by atoms with Crippen molar-refractivity contribution in [1.82, 2.24) is 9.78 Å². The Labute approximate surface area is 121 Å². The van der Waals surface area contributed by atoms with Gasteiger partial charge in [0.25, 0.3) is 0 Å². The van der Waals surface area contributed by atoms with Crippen LogP contribution < -0.4 is 4.74 Å². The summed E-state index contributed by atoms with van der Waals surface area (Å²) in [6, 6.07) is 0.381. The SMILES string of the molecule is CC(C)n1cc(OC2CCOC3(CCCCC3)C2)cn1. The fourth-order valence-electron chi connectivity index (χ4n) is 3.48. The molecule has 1 aromatic rings. The van der Waals surface area contributed by atoms with Crippen molar-refractivity contribution in [3.05, 3.63) is 12.4 Å². The Kier molecular flexibility index (Phi) is 4.01. The highest BCUT2D eigenvalue weighted by atomic mass is 16.5. The van der Waals surface area contributed by atoms with E-state index in [2.05, 4.69) is 18.9 Å². The van der Waals surface area contributed by atoms with Gasteiger partial charge in [0.2, 0.25) is 0 Å². The normalized spacial score (nSPS) is 26.1. The van der Waals surface area contributed by atoms with E-state index in [9.17, 15) is 0 Å².